The molecule has 2 N–H and O–H groups in total. The van der Waals surface area contributed by atoms with E-state index in [0.29, 0.717) is 13.0 Å². The van der Waals surface area contributed by atoms with E-state index in [1.807, 2.05) is 24.3 Å². The van der Waals surface area contributed by atoms with Crippen molar-refractivity contribution in [3.63, 3.8) is 0 Å². The highest BCUT2D eigenvalue weighted by molar-refractivity contribution is 5.85. The highest BCUT2D eigenvalue weighted by Crippen LogP contribution is 2.20. The SMILES string of the molecule is CCOC(=O)C(N)Cc1ccc(-c2ccc(F)cc2)cc1.Cl. The van der Waals surface area contributed by atoms with Crippen molar-refractivity contribution < 1.29 is 13.9 Å². The molecule has 1 unspecified atom stereocenters. The number of hydrogen-bond donors (Lipinski definition) is 1. The number of rotatable bonds is 5. The van der Waals surface area contributed by atoms with E-state index < -0.39 is 6.04 Å². The molecule has 0 aliphatic rings. The Balaban J connectivity index is 0.00000242. The van der Waals surface area contributed by atoms with Crippen LogP contribution in [-0.4, -0.2) is 18.6 Å². The zero-order valence-corrected chi connectivity index (χ0v) is 13.1. The zero-order chi connectivity index (χ0) is 15.2. The largest absolute Gasteiger partial charge is 0.465 e. The molecule has 0 aliphatic heterocycles. The highest BCUT2D eigenvalue weighted by Gasteiger charge is 2.14. The van der Waals surface area contributed by atoms with Crippen LogP contribution in [0.3, 0.4) is 0 Å². The summed E-state index contributed by atoms with van der Waals surface area (Å²) in [5.41, 5.74) is 8.68. The Morgan fingerprint density at radius 2 is 1.59 bits per heavy atom. The van der Waals surface area contributed by atoms with Gasteiger partial charge in [0.05, 0.1) is 6.61 Å². The van der Waals surface area contributed by atoms with Crippen LogP contribution in [0.15, 0.2) is 48.5 Å². The molecule has 0 saturated heterocycles. The second kappa shape index (κ2) is 8.51. The molecule has 2 aromatic carbocycles. The van der Waals surface area contributed by atoms with E-state index in [4.69, 9.17) is 10.5 Å². The first-order valence-electron chi connectivity index (χ1n) is 6.87. The van der Waals surface area contributed by atoms with Crippen LogP contribution in [0.2, 0.25) is 0 Å². The van der Waals surface area contributed by atoms with Gasteiger partial charge in [0, 0.05) is 0 Å². The maximum Gasteiger partial charge on any atom is 0.323 e. The Morgan fingerprint density at radius 1 is 1.09 bits per heavy atom. The Labute approximate surface area is 135 Å². The van der Waals surface area contributed by atoms with Gasteiger partial charge in [-0.2, -0.15) is 0 Å². The predicted octanol–water partition coefficient (Wildman–Crippen LogP) is 3.35. The second-order valence-electron chi connectivity index (χ2n) is 4.77. The predicted molar refractivity (Wildman–Crippen MR) is 87.4 cm³/mol. The third-order valence-electron chi connectivity index (χ3n) is 3.18. The molecule has 3 nitrogen and oxygen atoms in total. The fourth-order valence-electron chi connectivity index (χ4n) is 2.06. The number of halogens is 2. The van der Waals surface area contributed by atoms with Crippen LogP contribution in [0, 0.1) is 5.82 Å². The fraction of sp³-hybridized carbons (Fsp3) is 0.235. The monoisotopic (exact) mass is 323 g/mol. The summed E-state index contributed by atoms with van der Waals surface area (Å²) >= 11 is 0. The van der Waals surface area contributed by atoms with Crippen LogP contribution < -0.4 is 5.73 Å². The molecule has 0 spiro atoms. The Kier molecular flexibility index (Phi) is 7.02. The molecule has 1 atom stereocenters. The maximum absolute atomic E-state index is 12.9. The van der Waals surface area contributed by atoms with E-state index in [1.165, 1.54) is 12.1 Å². The third kappa shape index (κ3) is 4.83. The zero-order valence-electron chi connectivity index (χ0n) is 12.3. The van der Waals surface area contributed by atoms with E-state index >= 15 is 0 Å². The van der Waals surface area contributed by atoms with E-state index in [-0.39, 0.29) is 24.2 Å². The summed E-state index contributed by atoms with van der Waals surface area (Å²) in [6.45, 7) is 2.08. The van der Waals surface area contributed by atoms with Crippen LogP contribution in [0.5, 0.6) is 0 Å². The number of benzene rings is 2. The topological polar surface area (TPSA) is 52.3 Å². The fourth-order valence-corrected chi connectivity index (χ4v) is 2.06. The van der Waals surface area contributed by atoms with Gasteiger partial charge in [0.25, 0.3) is 0 Å². The maximum atomic E-state index is 12.9. The van der Waals surface area contributed by atoms with E-state index in [9.17, 15) is 9.18 Å². The van der Waals surface area contributed by atoms with Gasteiger partial charge in [-0.05, 0) is 42.2 Å². The number of carbonyl (C=O) groups excluding carboxylic acids is 1. The molecule has 0 heterocycles. The molecule has 0 bridgehead atoms. The van der Waals surface area contributed by atoms with Crippen molar-refractivity contribution in [2.24, 2.45) is 5.73 Å². The van der Waals surface area contributed by atoms with Crippen LogP contribution >= 0.6 is 12.4 Å². The summed E-state index contributed by atoms with van der Waals surface area (Å²) in [5.74, 6) is -0.643. The van der Waals surface area contributed by atoms with Gasteiger partial charge in [-0.15, -0.1) is 12.4 Å². The first-order valence-corrected chi connectivity index (χ1v) is 6.87. The van der Waals surface area contributed by atoms with Gasteiger partial charge >= 0.3 is 5.97 Å². The number of ether oxygens (including phenoxy) is 1. The molecule has 0 aliphatic carbocycles. The summed E-state index contributed by atoms with van der Waals surface area (Å²) in [6.07, 6.45) is 0.433. The summed E-state index contributed by atoms with van der Waals surface area (Å²) in [5, 5.41) is 0. The van der Waals surface area contributed by atoms with Gasteiger partial charge in [0.1, 0.15) is 11.9 Å². The molecule has 22 heavy (non-hydrogen) atoms. The van der Waals surface area contributed by atoms with Gasteiger partial charge in [0.2, 0.25) is 0 Å². The third-order valence-corrected chi connectivity index (χ3v) is 3.18. The van der Waals surface area contributed by atoms with Gasteiger partial charge in [-0.25, -0.2) is 4.39 Å². The number of carbonyl (C=O) groups is 1. The quantitative estimate of drug-likeness (QED) is 0.859. The van der Waals surface area contributed by atoms with Crippen LogP contribution in [0.1, 0.15) is 12.5 Å². The minimum atomic E-state index is -0.651. The van der Waals surface area contributed by atoms with Crippen molar-refractivity contribution in [2.45, 2.75) is 19.4 Å². The molecule has 0 amide bonds. The van der Waals surface area contributed by atoms with E-state index in [2.05, 4.69) is 0 Å². The Morgan fingerprint density at radius 3 is 2.09 bits per heavy atom. The summed E-state index contributed by atoms with van der Waals surface area (Å²) in [4.78, 5) is 11.5. The standard InChI is InChI=1S/C17H18FNO2.ClH/c1-2-21-17(20)16(19)11-12-3-5-13(6-4-12)14-7-9-15(18)10-8-14;/h3-10,16H,2,11,19H2,1H3;1H. The van der Waals surface area contributed by atoms with Crippen LogP contribution in [0.25, 0.3) is 11.1 Å². The van der Waals surface area contributed by atoms with Crippen molar-refractivity contribution in [3.8, 4) is 11.1 Å². The Bertz CT molecular complexity index is 599. The molecule has 5 heteroatoms. The summed E-state index contributed by atoms with van der Waals surface area (Å²) in [6, 6.07) is 13.4. The average molecular weight is 324 g/mol. The molecular weight excluding hydrogens is 305 g/mol. The molecule has 2 rings (SSSR count). The molecule has 0 radical (unpaired) electrons. The lowest BCUT2D eigenvalue weighted by Gasteiger charge is -2.11. The smallest absolute Gasteiger partial charge is 0.323 e. The normalized spacial score (nSPS) is 11.4. The van der Waals surface area contributed by atoms with E-state index in [0.717, 1.165) is 16.7 Å². The lowest BCUT2D eigenvalue weighted by Crippen LogP contribution is -2.34. The molecule has 0 fully saturated rings. The van der Waals surface area contributed by atoms with Crippen molar-refractivity contribution >= 4 is 18.4 Å². The van der Waals surface area contributed by atoms with Crippen LogP contribution in [0.4, 0.5) is 4.39 Å². The molecule has 118 valence electrons. The van der Waals surface area contributed by atoms with E-state index in [1.54, 1.807) is 19.1 Å². The summed E-state index contributed by atoms with van der Waals surface area (Å²) < 4.78 is 17.8. The highest BCUT2D eigenvalue weighted by atomic mass is 35.5. The van der Waals surface area contributed by atoms with Crippen LogP contribution in [-0.2, 0) is 16.0 Å². The number of hydrogen-bond acceptors (Lipinski definition) is 3. The molecule has 0 aromatic heterocycles. The van der Waals surface area contributed by atoms with Gasteiger partial charge in [-0.1, -0.05) is 36.4 Å². The second-order valence-corrected chi connectivity index (χ2v) is 4.77. The lowest BCUT2D eigenvalue weighted by molar-refractivity contribution is -0.144. The van der Waals surface area contributed by atoms with Crippen molar-refractivity contribution in [1.29, 1.82) is 0 Å². The number of nitrogens with two attached hydrogens (primary N) is 1. The summed E-state index contributed by atoms with van der Waals surface area (Å²) in [7, 11) is 0. The lowest BCUT2D eigenvalue weighted by atomic mass is 10.0. The van der Waals surface area contributed by atoms with Crippen molar-refractivity contribution in [1.82, 2.24) is 0 Å². The average Bonchev–Trinajstić information content (AvgIpc) is 2.49. The number of esters is 1. The van der Waals surface area contributed by atoms with Crippen molar-refractivity contribution in [3.05, 3.63) is 59.9 Å². The Hall–Kier alpha value is -1.91. The minimum Gasteiger partial charge on any atom is -0.465 e. The minimum absolute atomic E-state index is 0. The first-order chi connectivity index (χ1) is 10.1. The molecule has 2 aromatic rings. The molecular formula is C17H19ClFNO2. The first kappa shape index (κ1) is 18.1. The van der Waals surface area contributed by atoms with Gasteiger partial charge in [-0.3, -0.25) is 4.79 Å². The van der Waals surface area contributed by atoms with Gasteiger partial charge < -0.3 is 10.5 Å². The molecule has 0 saturated carbocycles. The van der Waals surface area contributed by atoms with Gasteiger partial charge in [0.15, 0.2) is 0 Å². The van der Waals surface area contributed by atoms with Crippen molar-refractivity contribution in [2.75, 3.05) is 6.61 Å².